The van der Waals surface area contributed by atoms with Crippen molar-refractivity contribution >= 4 is 28.6 Å². The third-order valence-corrected chi connectivity index (χ3v) is 8.34. The standard InChI is InChI=1S/C31H32ClN5O3/c1-17(2)37-13-12-33-30(37)22-10-6-20(7-11-22)19-4-8-21(9-5-19)26-23(32)14-24-29(35-26)36-31(34-24)40-25-16-39-27-18(3)15-38-28(25)27/h4-11,14,17-18,25,27-28H,12-13,15-16H2,1-3H3,(H,34,35,36)/t18-,25-,27-,28-/m1/s1. The topological polar surface area (TPSA) is 84.9 Å². The third-order valence-electron chi connectivity index (χ3n) is 8.06. The largest absolute Gasteiger partial charge is 0.456 e. The number of H-pyrrole nitrogens is 1. The second-order valence-electron chi connectivity index (χ2n) is 11.1. The number of fused-ring (bicyclic) bond motifs is 2. The number of aromatic amines is 1. The van der Waals surface area contributed by atoms with Gasteiger partial charge in [0.05, 0.1) is 42.1 Å². The summed E-state index contributed by atoms with van der Waals surface area (Å²) in [5.74, 6) is 1.45. The summed E-state index contributed by atoms with van der Waals surface area (Å²) >= 11 is 6.67. The Hall–Kier alpha value is -3.46. The van der Waals surface area contributed by atoms with Crippen molar-refractivity contribution in [3.8, 4) is 28.4 Å². The Labute approximate surface area is 238 Å². The first-order valence-corrected chi connectivity index (χ1v) is 14.3. The number of hydrogen-bond donors (Lipinski definition) is 1. The molecule has 5 heterocycles. The molecule has 0 saturated carbocycles. The predicted octanol–water partition coefficient (Wildman–Crippen LogP) is 5.60. The summed E-state index contributed by atoms with van der Waals surface area (Å²) in [6.45, 7) is 9.56. The Balaban J connectivity index is 1.09. The van der Waals surface area contributed by atoms with E-state index < -0.39 is 0 Å². The number of imidazole rings is 1. The fraction of sp³-hybridized carbons (Fsp3) is 0.387. The molecule has 2 aromatic carbocycles. The Bertz CT molecular complexity index is 1570. The van der Waals surface area contributed by atoms with Crippen LogP contribution in [-0.4, -0.2) is 76.3 Å². The minimum atomic E-state index is -0.202. The van der Waals surface area contributed by atoms with Gasteiger partial charge >= 0.3 is 0 Å². The monoisotopic (exact) mass is 557 g/mol. The van der Waals surface area contributed by atoms with Crippen molar-refractivity contribution in [3.05, 3.63) is 65.2 Å². The first-order chi connectivity index (χ1) is 19.4. The van der Waals surface area contributed by atoms with Crippen molar-refractivity contribution in [3.63, 3.8) is 0 Å². The fourth-order valence-electron chi connectivity index (χ4n) is 5.91. The number of hydrogen-bond acceptors (Lipinski definition) is 7. The van der Waals surface area contributed by atoms with Crippen LogP contribution in [0.5, 0.6) is 6.01 Å². The van der Waals surface area contributed by atoms with Gasteiger partial charge in [0.2, 0.25) is 0 Å². The summed E-state index contributed by atoms with van der Waals surface area (Å²) in [6.07, 6.45) is -0.199. The lowest BCUT2D eigenvalue weighted by atomic mass is 10.0. The van der Waals surface area contributed by atoms with E-state index in [0.717, 1.165) is 46.7 Å². The molecule has 206 valence electrons. The molecule has 4 atom stereocenters. The number of aliphatic imine (C=N–C) groups is 1. The molecular formula is C31H32ClN5O3. The van der Waals surface area contributed by atoms with Gasteiger partial charge in [-0.25, -0.2) is 4.98 Å². The summed E-state index contributed by atoms with van der Waals surface area (Å²) < 4.78 is 17.9. The predicted molar refractivity (Wildman–Crippen MR) is 156 cm³/mol. The van der Waals surface area contributed by atoms with Crippen LogP contribution < -0.4 is 4.74 Å². The van der Waals surface area contributed by atoms with Gasteiger partial charge in [-0.05, 0) is 31.0 Å². The molecule has 0 unspecified atom stereocenters. The van der Waals surface area contributed by atoms with Gasteiger partial charge in [-0.1, -0.05) is 67.1 Å². The van der Waals surface area contributed by atoms with E-state index >= 15 is 0 Å². The first kappa shape index (κ1) is 25.5. The summed E-state index contributed by atoms with van der Waals surface area (Å²) in [4.78, 5) is 19.6. The Morgan fingerprint density at radius 3 is 2.33 bits per heavy atom. The average Bonchev–Trinajstić information content (AvgIpc) is 3.75. The molecule has 40 heavy (non-hydrogen) atoms. The molecule has 2 saturated heterocycles. The molecule has 0 spiro atoms. The van der Waals surface area contributed by atoms with Crippen LogP contribution in [0, 0.1) is 5.92 Å². The smallest absolute Gasteiger partial charge is 0.296 e. The number of ether oxygens (including phenoxy) is 3. The van der Waals surface area contributed by atoms with Crippen LogP contribution in [-0.2, 0) is 9.47 Å². The first-order valence-electron chi connectivity index (χ1n) is 13.9. The molecule has 0 radical (unpaired) electrons. The van der Waals surface area contributed by atoms with Gasteiger partial charge in [0.15, 0.2) is 11.8 Å². The van der Waals surface area contributed by atoms with E-state index in [2.05, 4.69) is 72.0 Å². The van der Waals surface area contributed by atoms with E-state index in [1.807, 2.05) is 18.2 Å². The Morgan fingerprint density at radius 1 is 0.925 bits per heavy atom. The zero-order chi connectivity index (χ0) is 27.4. The fourth-order valence-corrected chi connectivity index (χ4v) is 6.17. The summed E-state index contributed by atoms with van der Waals surface area (Å²) in [5, 5.41) is 0.545. The summed E-state index contributed by atoms with van der Waals surface area (Å²) in [7, 11) is 0. The van der Waals surface area contributed by atoms with Crippen molar-refractivity contribution in [2.75, 3.05) is 26.3 Å². The van der Waals surface area contributed by atoms with Crippen molar-refractivity contribution in [2.24, 2.45) is 10.9 Å². The maximum Gasteiger partial charge on any atom is 0.296 e. The summed E-state index contributed by atoms with van der Waals surface area (Å²) in [5.41, 5.74) is 6.30. The number of halogens is 1. The second-order valence-corrected chi connectivity index (χ2v) is 11.5. The van der Waals surface area contributed by atoms with Crippen molar-refractivity contribution < 1.29 is 14.2 Å². The molecule has 2 fully saturated rings. The van der Waals surface area contributed by atoms with Crippen LogP contribution >= 0.6 is 11.6 Å². The normalized spacial score (nSPS) is 24.2. The zero-order valence-electron chi connectivity index (χ0n) is 22.8. The van der Waals surface area contributed by atoms with Crippen LogP contribution in [0.25, 0.3) is 33.5 Å². The number of rotatable bonds is 6. The molecule has 3 aliphatic rings. The third kappa shape index (κ3) is 4.54. The molecule has 0 aliphatic carbocycles. The van der Waals surface area contributed by atoms with Crippen LogP contribution in [0.15, 0.2) is 59.6 Å². The minimum absolute atomic E-state index is 0.0729. The van der Waals surface area contributed by atoms with Gasteiger partial charge in [-0.15, -0.1) is 0 Å². The van der Waals surface area contributed by atoms with E-state index in [1.54, 1.807) is 0 Å². The van der Waals surface area contributed by atoms with Gasteiger partial charge in [0.25, 0.3) is 6.01 Å². The van der Waals surface area contributed by atoms with E-state index in [1.165, 1.54) is 0 Å². The van der Waals surface area contributed by atoms with Crippen LogP contribution in [0.1, 0.15) is 26.3 Å². The lowest BCUT2D eigenvalue weighted by Gasteiger charge is -2.24. The molecule has 3 aliphatic heterocycles. The lowest BCUT2D eigenvalue weighted by Crippen LogP contribution is -2.34. The Kier molecular flexibility index (Phi) is 6.49. The van der Waals surface area contributed by atoms with Crippen LogP contribution in [0.2, 0.25) is 5.02 Å². The molecule has 4 aromatic rings. The molecule has 7 rings (SSSR count). The average molecular weight is 558 g/mol. The number of pyridine rings is 1. The molecule has 0 amide bonds. The van der Waals surface area contributed by atoms with Crippen molar-refractivity contribution in [1.29, 1.82) is 0 Å². The van der Waals surface area contributed by atoms with Gasteiger partial charge in [-0.2, -0.15) is 4.98 Å². The number of benzene rings is 2. The highest BCUT2D eigenvalue weighted by atomic mass is 35.5. The zero-order valence-corrected chi connectivity index (χ0v) is 23.6. The second kappa shape index (κ2) is 10.2. The molecule has 9 heteroatoms. The SMILES string of the molecule is CC(C)N1CCN=C1c1ccc(-c2ccc(-c3nc4nc(O[C@@H]5CO[C@H]6[C@@H]5OC[C@H]6C)[nH]c4cc3Cl)cc2)cc1. The van der Waals surface area contributed by atoms with E-state index in [-0.39, 0.29) is 18.3 Å². The highest BCUT2D eigenvalue weighted by Gasteiger charge is 2.47. The molecule has 0 bridgehead atoms. The molecular weight excluding hydrogens is 526 g/mol. The van der Waals surface area contributed by atoms with Crippen molar-refractivity contribution in [1.82, 2.24) is 19.9 Å². The number of amidine groups is 1. The van der Waals surface area contributed by atoms with Gasteiger partial charge in [0.1, 0.15) is 11.9 Å². The van der Waals surface area contributed by atoms with E-state index in [9.17, 15) is 0 Å². The Morgan fingerprint density at radius 2 is 1.60 bits per heavy atom. The van der Waals surface area contributed by atoms with E-state index in [0.29, 0.717) is 47.5 Å². The quantitative estimate of drug-likeness (QED) is 0.332. The lowest BCUT2D eigenvalue weighted by molar-refractivity contribution is 0.0262. The highest BCUT2D eigenvalue weighted by molar-refractivity contribution is 6.33. The molecule has 1 N–H and O–H groups in total. The highest BCUT2D eigenvalue weighted by Crippen LogP contribution is 2.34. The van der Waals surface area contributed by atoms with Gasteiger partial charge in [-0.3, -0.25) is 4.99 Å². The number of nitrogens with one attached hydrogen (secondary N) is 1. The van der Waals surface area contributed by atoms with E-state index in [4.69, 9.17) is 35.8 Å². The minimum Gasteiger partial charge on any atom is -0.456 e. The van der Waals surface area contributed by atoms with Gasteiger partial charge in [0, 0.05) is 29.6 Å². The van der Waals surface area contributed by atoms with Crippen LogP contribution in [0.3, 0.4) is 0 Å². The summed E-state index contributed by atoms with van der Waals surface area (Å²) in [6, 6.07) is 19.6. The van der Waals surface area contributed by atoms with Gasteiger partial charge < -0.3 is 24.1 Å². The maximum absolute atomic E-state index is 6.67. The van der Waals surface area contributed by atoms with Crippen LogP contribution in [0.4, 0.5) is 0 Å². The molecule has 8 nitrogen and oxygen atoms in total. The molecule has 2 aromatic heterocycles. The maximum atomic E-state index is 6.67. The van der Waals surface area contributed by atoms with Crippen molar-refractivity contribution in [2.45, 2.75) is 45.1 Å². The number of nitrogens with zero attached hydrogens (tertiary/aromatic N) is 4. The number of aromatic nitrogens is 3.